The van der Waals surface area contributed by atoms with Gasteiger partial charge in [-0.1, -0.05) is 0 Å². The molecule has 7 nitrogen and oxygen atoms in total. The third-order valence-corrected chi connectivity index (χ3v) is 4.32. The molecule has 2 heterocycles. The van der Waals surface area contributed by atoms with Gasteiger partial charge in [0.15, 0.2) is 5.65 Å². The molecule has 112 valence electrons. The monoisotopic (exact) mass is 289 g/mol. The van der Waals surface area contributed by atoms with Crippen LogP contribution in [0.5, 0.6) is 0 Å². The lowest BCUT2D eigenvalue weighted by atomic mass is 9.79. The number of anilines is 1. The van der Waals surface area contributed by atoms with Crippen molar-refractivity contribution in [3.8, 4) is 0 Å². The molecule has 0 aliphatic heterocycles. The smallest absolute Gasteiger partial charge is 0.404 e. The Labute approximate surface area is 121 Å². The summed E-state index contributed by atoms with van der Waals surface area (Å²) in [6.07, 6.45) is 5.10. The van der Waals surface area contributed by atoms with E-state index in [2.05, 4.69) is 26.6 Å². The van der Waals surface area contributed by atoms with E-state index in [-0.39, 0.29) is 0 Å². The summed E-state index contributed by atoms with van der Waals surface area (Å²) in [5, 5.41) is 18.8. The highest BCUT2D eigenvalue weighted by Gasteiger charge is 2.23. The van der Waals surface area contributed by atoms with Crippen LogP contribution >= 0.6 is 0 Å². The molecule has 0 spiro atoms. The van der Waals surface area contributed by atoms with E-state index in [0.717, 1.165) is 31.1 Å². The first-order valence-electron chi connectivity index (χ1n) is 7.19. The lowest BCUT2D eigenvalue weighted by molar-refractivity contribution is 0.189. The molecule has 21 heavy (non-hydrogen) atoms. The topological polar surface area (TPSA) is 117 Å². The van der Waals surface area contributed by atoms with Crippen molar-refractivity contribution in [2.24, 2.45) is 5.92 Å². The molecule has 2 aromatic heterocycles. The van der Waals surface area contributed by atoms with Gasteiger partial charge in [0.05, 0.1) is 5.39 Å². The van der Waals surface area contributed by atoms with Crippen LogP contribution in [0, 0.1) is 5.92 Å². The van der Waals surface area contributed by atoms with Gasteiger partial charge in [0.1, 0.15) is 5.82 Å². The van der Waals surface area contributed by atoms with Crippen LogP contribution in [0.25, 0.3) is 11.0 Å². The van der Waals surface area contributed by atoms with Crippen LogP contribution in [0.15, 0.2) is 12.3 Å². The number of amides is 1. The molecule has 1 aliphatic carbocycles. The van der Waals surface area contributed by atoms with E-state index >= 15 is 0 Å². The van der Waals surface area contributed by atoms with E-state index in [9.17, 15) is 4.79 Å². The fourth-order valence-corrected chi connectivity index (χ4v) is 3.09. The second kappa shape index (κ2) is 5.59. The lowest BCUT2D eigenvalue weighted by Crippen LogP contribution is -2.29. The predicted molar refractivity (Wildman–Crippen MR) is 79.0 cm³/mol. The zero-order valence-corrected chi connectivity index (χ0v) is 11.7. The average Bonchev–Trinajstić information content (AvgIpc) is 2.87. The normalized spacial score (nSPS) is 22.3. The van der Waals surface area contributed by atoms with Gasteiger partial charge in [-0.15, -0.1) is 0 Å². The maximum atomic E-state index is 10.5. The Bertz CT molecular complexity index is 646. The van der Waals surface area contributed by atoms with E-state index in [1.54, 1.807) is 0 Å². The molecule has 0 bridgehead atoms. The number of hydrogen-bond acceptors (Lipinski definition) is 4. The first kappa shape index (κ1) is 13.7. The van der Waals surface area contributed by atoms with Crippen molar-refractivity contribution in [1.29, 1.82) is 0 Å². The summed E-state index contributed by atoms with van der Waals surface area (Å²) in [5.74, 6) is 1.46. The highest BCUT2D eigenvalue weighted by molar-refractivity contribution is 5.86. The van der Waals surface area contributed by atoms with Gasteiger partial charge in [-0.3, -0.25) is 5.10 Å². The van der Waals surface area contributed by atoms with Gasteiger partial charge in [-0.05, 0) is 49.1 Å². The Morgan fingerprint density at radius 2 is 2.19 bits per heavy atom. The zero-order valence-electron chi connectivity index (χ0n) is 11.7. The van der Waals surface area contributed by atoms with Crippen molar-refractivity contribution in [2.75, 3.05) is 12.3 Å². The van der Waals surface area contributed by atoms with Crippen LogP contribution in [0.2, 0.25) is 0 Å². The number of carbonyl (C=O) groups is 1. The summed E-state index contributed by atoms with van der Waals surface area (Å²) in [6, 6.07) is 2.07. The van der Waals surface area contributed by atoms with Crippen LogP contribution in [0.1, 0.15) is 37.2 Å². The first-order valence-corrected chi connectivity index (χ1v) is 7.19. The molecule has 7 heteroatoms. The number of nitrogens with two attached hydrogens (primary N) is 1. The van der Waals surface area contributed by atoms with E-state index in [0.29, 0.717) is 29.8 Å². The summed E-state index contributed by atoms with van der Waals surface area (Å²) >= 11 is 0. The quantitative estimate of drug-likeness (QED) is 0.690. The van der Waals surface area contributed by atoms with E-state index in [1.165, 1.54) is 5.56 Å². The van der Waals surface area contributed by atoms with Crippen LogP contribution in [-0.2, 0) is 0 Å². The van der Waals surface area contributed by atoms with Gasteiger partial charge >= 0.3 is 6.09 Å². The SMILES string of the molecule is Nc1[nH]nc2ncc(C3CCC(CNC(=O)O)CC3)cc12. The summed E-state index contributed by atoms with van der Waals surface area (Å²) in [6.45, 7) is 0.550. The van der Waals surface area contributed by atoms with Crippen molar-refractivity contribution in [2.45, 2.75) is 31.6 Å². The number of aromatic amines is 1. The van der Waals surface area contributed by atoms with Crippen molar-refractivity contribution >= 4 is 22.9 Å². The number of carboxylic acid groups (broad SMARTS) is 1. The molecule has 1 amide bonds. The molecule has 0 atom stereocenters. The lowest BCUT2D eigenvalue weighted by Gasteiger charge is -2.28. The largest absolute Gasteiger partial charge is 0.465 e. The molecule has 0 aromatic carbocycles. The van der Waals surface area contributed by atoms with E-state index < -0.39 is 6.09 Å². The van der Waals surface area contributed by atoms with Crippen LogP contribution in [-0.4, -0.2) is 32.9 Å². The van der Waals surface area contributed by atoms with Gasteiger partial charge in [-0.2, -0.15) is 5.10 Å². The summed E-state index contributed by atoms with van der Waals surface area (Å²) in [5.41, 5.74) is 7.69. The Hall–Kier alpha value is -2.31. The van der Waals surface area contributed by atoms with Crippen molar-refractivity contribution in [3.05, 3.63) is 17.8 Å². The van der Waals surface area contributed by atoms with Crippen molar-refractivity contribution in [1.82, 2.24) is 20.5 Å². The third-order valence-electron chi connectivity index (χ3n) is 4.32. The number of aromatic nitrogens is 3. The average molecular weight is 289 g/mol. The Morgan fingerprint density at radius 3 is 2.90 bits per heavy atom. The second-order valence-electron chi connectivity index (χ2n) is 5.68. The van der Waals surface area contributed by atoms with Gasteiger partial charge < -0.3 is 16.2 Å². The van der Waals surface area contributed by atoms with Gasteiger partial charge in [-0.25, -0.2) is 9.78 Å². The number of hydrogen-bond donors (Lipinski definition) is 4. The molecule has 0 saturated heterocycles. The number of pyridine rings is 1. The summed E-state index contributed by atoms with van der Waals surface area (Å²) < 4.78 is 0. The minimum absolute atomic E-state index is 0.438. The molecule has 2 aromatic rings. The number of rotatable bonds is 3. The number of H-pyrrole nitrogens is 1. The molecule has 0 radical (unpaired) electrons. The standard InChI is InChI=1S/C14H19N5O2/c15-12-11-5-10(7-16-13(11)19-18-12)9-3-1-8(2-4-9)6-17-14(20)21/h5,7-9,17H,1-4,6H2,(H,20,21)(H3,15,16,18,19). The molecule has 5 N–H and O–H groups in total. The van der Waals surface area contributed by atoms with E-state index in [4.69, 9.17) is 10.8 Å². The molecular weight excluding hydrogens is 270 g/mol. The zero-order chi connectivity index (χ0) is 14.8. The number of nitrogens with zero attached hydrogens (tertiary/aromatic N) is 2. The van der Waals surface area contributed by atoms with Crippen molar-refractivity contribution in [3.63, 3.8) is 0 Å². The summed E-state index contributed by atoms with van der Waals surface area (Å²) in [7, 11) is 0. The van der Waals surface area contributed by atoms with Gasteiger partial charge in [0.2, 0.25) is 0 Å². The molecule has 0 unspecified atom stereocenters. The second-order valence-corrected chi connectivity index (χ2v) is 5.68. The van der Waals surface area contributed by atoms with Crippen LogP contribution in [0.4, 0.5) is 10.6 Å². The molecule has 1 saturated carbocycles. The Kier molecular flexibility index (Phi) is 3.64. The molecular formula is C14H19N5O2. The number of nitrogens with one attached hydrogen (secondary N) is 2. The number of nitrogen functional groups attached to an aromatic ring is 1. The van der Waals surface area contributed by atoms with Gasteiger partial charge in [0.25, 0.3) is 0 Å². The van der Waals surface area contributed by atoms with Gasteiger partial charge in [0, 0.05) is 12.7 Å². The number of fused-ring (bicyclic) bond motifs is 1. The summed E-state index contributed by atoms with van der Waals surface area (Å²) in [4.78, 5) is 14.9. The third kappa shape index (κ3) is 2.91. The molecule has 1 fully saturated rings. The molecule has 1 aliphatic rings. The molecule has 3 rings (SSSR count). The Morgan fingerprint density at radius 1 is 1.43 bits per heavy atom. The maximum absolute atomic E-state index is 10.5. The highest BCUT2D eigenvalue weighted by Crippen LogP contribution is 2.36. The predicted octanol–water partition coefficient (Wildman–Crippen LogP) is 2.08. The van der Waals surface area contributed by atoms with Crippen LogP contribution < -0.4 is 11.1 Å². The first-order chi connectivity index (χ1) is 10.1. The minimum Gasteiger partial charge on any atom is -0.465 e. The van der Waals surface area contributed by atoms with Crippen LogP contribution in [0.3, 0.4) is 0 Å². The fraction of sp³-hybridized carbons (Fsp3) is 0.500. The highest BCUT2D eigenvalue weighted by atomic mass is 16.4. The Balaban J connectivity index is 1.65. The fourth-order valence-electron chi connectivity index (χ4n) is 3.09. The minimum atomic E-state index is -0.942. The van der Waals surface area contributed by atoms with E-state index in [1.807, 2.05) is 6.20 Å². The van der Waals surface area contributed by atoms with Crippen molar-refractivity contribution < 1.29 is 9.90 Å². The maximum Gasteiger partial charge on any atom is 0.404 e.